The third-order valence-electron chi connectivity index (χ3n) is 7.32. The Hall–Kier alpha value is -5.05. The molecule has 4 atom stereocenters. The summed E-state index contributed by atoms with van der Waals surface area (Å²) in [6.45, 7) is 12.2. The number of benzene rings is 2. The number of anilines is 1. The van der Waals surface area contributed by atoms with Gasteiger partial charge in [-0.15, -0.1) is 0 Å². The third-order valence-corrected chi connectivity index (χ3v) is 9.10. The van der Waals surface area contributed by atoms with E-state index in [1.165, 1.54) is 13.3 Å². The lowest BCUT2D eigenvalue weighted by atomic mass is 10.1. The smallest absolute Gasteiger partial charge is 0.408 e. The largest absolute Gasteiger partial charge is 0.462 e. The highest BCUT2D eigenvalue weighted by atomic mass is 31.2. The second-order valence-electron chi connectivity index (χ2n) is 13.7. The number of nitrogen functional groups attached to an aromatic ring is 1. The van der Waals surface area contributed by atoms with E-state index in [9.17, 15) is 18.9 Å². The van der Waals surface area contributed by atoms with Gasteiger partial charge in [0.15, 0.2) is 11.5 Å². The first-order chi connectivity index (χ1) is 25.0. The molecule has 0 saturated heterocycles. The molecule has 0 aliphatic carbocycles. The minimum atomic E-state index is -3.92. The van der Waals surface area contributed by atoms with Crippen molar-refractivity contribution in [3.05, 3.63) is 78.4 Å². The maximum Gasteiger partial charge on any atom is 0.408 e. The van der Waals surface area contributed by atoms with Crippen molar-refractivity contribution in [3.8, 4) is 5.75 Å². The predicted octanol–water partition coefficient (Wildman–Crippen LogP) is 5.15. The molecule has 0 aliphatic rings. The number of alkyl carbamates (subject to hydrolysis) is 1. The lowest BCUT2D eigenvalue weighted by Gasteiger charge is -2.26. The van der Waals surface area contributed by atoms with Gasteiger partial charge in [-0.3, -0.25) is 9.36 Å². The molecule has 1 unspecified atom stereocenters. The van der Waals surface area contributed by atoms with Gasteiger partial charge in [0.2, 0.25) is 0 Å². The Bertz CT molecular complexity index is 1880. The van der Waals surface area contributed by atoms with Crippen molar-refractivity contribution in [1.82, 2.24) is 29.9 Å². The standard InChI is InChI=1S/C36H48N7O9P/c1-23(2)50-33(44)25(4)42-53(47,22-49-24(3)18-43-21-40-30-31(37)38-20-39-32(30)43)52-28-15-13-26(14-16-28)17-29(34(45)51-36(5,6)7)41-35(46)48-19-27-11-9-8-10-12-27/h8-16,20-21,23-25,29H,17-19,22H2,1-7H3,(H,41,46)(H,42,47)(H2,37,38,39)/t24-,25+,29+,53?/m1/s1. The Labute approximate surface area is 308 Å². The van der Waals surface area contributed by atoms with Gasteiger partial charge in [0, 0.05) is 6.42 Å². The number of aromatic nitrogens is 4. The van der Waals surface area contributed by atoms with Crippen LogP contribution in [-0.2, 0) is 52.7 Å². The monoisotopic (exact) mass is 753 g/mol. The highest BCUT2D eigenvalue weighted by Gasteiger charge is 2.33. The van der Waals surface area contributed by atoms with Crippen molar-refractivity contribution in [2.24, 2.45) is 0 Å². The summed E-state index contributed by atoms with van der Waals surface area (Å²) in [6.07, 6.45) is 0.883. The SMILES string of the molecule is CC(C)OC(=O)[C@H](C)NP(=O)(CO[C@H](C)Cn1cnc2c(N)ncnc21)Oc1ccc(C[C@H](NC(=O)OCc2ccccc2)C(=O)OC(C)(C)C)cc1. The van der Waals surface area contributed by atoms with Crippen molar-refractivity contribution in [3.63, 3.8) is 0 Å². The molecule has 0 fully saturated rings. The average Bonchev–Trinajstić information content (AvgIpc) is 3.50. The van der Waals surface area contributed by atoms with Crippen LogP contribution in [0.4, 0.5) is 10.6 Å². The maximum absolute atomic E-state index is 14.3. The van der Waals surface area contributed by atoms with Gasteiger partial charge in [0.05, 0.1) is 25.1 Å². The molecule has 0 saturated carbocycles. The highest BCUT2D eigenvalue weighted by molar-refractivity contribution is 7.57. The van der Waals surface area contributed by atoms with Crippen LogP contribution in [0, 0.1) is 0 Å². The maximum atomic E-state index is 14.3. The second kappa shape index (κ2) is 18.1. The van der Waals surface area contributed by atoms with Crippen molar-refractivity contribution >= 4 is 42.5 Å². The number of nitrogens with one attached hydrogen (secondary N) is 2. The van der Waals surface area contributed by atoms with Gasteiger partial charge < -0.3 is 39.1 Å². The van der Waals surface area contributed by atoms with Crippen LogP contribution in [0.1, 0.15) is 59.6 Å². The molecule has 2 heterocycles. The van der Waals surface area contributed by atoms with E-state index in [4.69, 9.17) is 29.2 Å². The Balaban J connectivity index is 1.46. The number of fused-ring (bicyclic) bond motifs is 1. The predicted molar refractivity (Wildman–Crippen MR) is 197 cm³/mol. The minimum Gasteiger partial charge on any atom is -0.462 e. The molecule has 4 aromatic rings. The van der Waals surface area contributed by atoms with Crippen LogP contribution in [0.2, 0.25) is 0 Å². The Kier molecular flexibility index (Phi) is 13.9. The van der Waals surface area contributed by atoms with E-state index < -0.39 is 55.7 Å². The van der Waals surface area contributed by atoms with Crippen molar-refractivity contribution in [2.75, 3.05) is 12.1 Å². The second-order valence-corrected chi connectivity index (χ2v) is 15.7. The van der Waals surface area contributed by atoms with Crippen LogP contribution in [-0.4, -0.2) is 73.8 Å². The molecular formula is C36H48N7O9P. The molecule has 16 nitrogen and oxygen atoms in total. The summed E-state index contributed by atoms with van der Waals surface area (Å²) in [5, 5.41) is 5.39. The highest BCUT2D eigenvalue weighted by Crippen LogP contribution is 2.44. The van der Waals surface area contributed by atoms with Gasteiger partial charge in [-0.05, 0) is 71.7 Å². The zero-order valence-electron chi connectivity index (χ0n) is 31.0. The summed E-state index contributed by atoms with van der Waals surface area (Å²) in [5.41, 5.74) is 7.50. The lowest BCUT2D eigenvalue weighted by Crippen LogP contribution is -2.45. The van der Waals surface area contributed by atoms with Gasteiger partial charge in [-0.25, -0.2) is 29.6 Å². The molecule has 0 radical (unpaired) electrons. The first-order valence-corrected chi connectivity index (χ1v) is 18.9. The fraction of sp³-hybridized carbons (Fsp3) is 0.444. The van der Waals surface area contributed by atoms with Gasteiger partial charge in [-0.2, -0.15) is 0 Å². The molecule has 286 valence electrons. The number of esters is 2. The molecular weight excluding hydrogens is 705 g/mol. The number of ether oxygens (including phenoxy) is 4. The summed E-state index contributed by atoms with van der Waals surface area (Å²) in [7, 11) is -3.92. The molecule has 2 aromatic carbocycles. The number of carbonyl (C=O) groups is 3. The normalized spacial score (nSPS) is 14.5. The lowest BCUT2D eigenvalue weighted by molar-refractivity contribution is -0.157. The van der Waals surface area contributed by atoms with E-state index >= 15 is 0 Å². The summed E-state index contributed by atoms with van der Waals surface area (Å²) >= 11 is 0. The van der Waals surface area contributed by atoms with Crippen molar-refractivity contribution in [2.45, 2.75) is 97.9 Å². The number of imidazole rings is 1. The van der Waals surface area contributed by atoms with E-state index in [-0.39, 0.29) is 30.7 Å². The molecule has 0 aliphatic heterocycles. The Morgan fingerprint density at radius 3 is 2.28 bits per heavy atom. The Morgan fingerprint density at radius 1 is 0.925 bits per heavy atom. The molecule has 1 amide bonds. The third kappa shape index (κ3) is 12.8. The fourth-order valence-electron chi connectivity index (χ4n) is 4.93. The van der Waals surface area contributed by atoms with Crippen molar-refractivity contribution in [1.29, 1.82) is 0 Å². The van der Waals surface area contributed by atoms with Crippen LogP contribution in [0.25, 0.3) is 11.2 Å². The van der Waals surface area contributed by atoms with Crippen LogP contribution in [0.3, 0.4) is 0 Å². The molecule has 0 spiro atoms. The van der Waals surface area contributed by atoms with E-state index in [1.807, 2.05) is 30.3 Å². The topological polar surface area (TPSA) is 208 Å². The van der Waals surface area contributed by atoms with Crippen LogP contribution < -0.4 is 20.7 Å². The molecule has 4 N–H and O–H groups in total. The van der Waals surface area contributed by atoms with Crippen LogP contribution in [0.15, 0.2) is 67.3 Å². The zero-order valence-corrected chi connectivity index (χ0v) is 31.9. The fourth-order valence-corrected chi connectivity index (χ4v) is 6.71. The average molecular weight is 754 g/mol. The van der Waals surface area contributed by atoms with E-state index in [1.54, 1.807) is 76.7 Å². The van der Waals surface area contributed by atoms with Gasteiger partial charge in [0.1, 0.15) is 48.2 Å². The number of hydrogen-bond donors (Lipinski definition) is 3. The number of rotatable bonds is 17. The summed E-state index contributed by atoms with van der Waals surface area (Å²) in [4.78, 5) is 50.9. The van der Waals surface area contributed by atoms with E-state index in [0.29, 0.717) is 23.3 Å². The van der Waals surface area contributed by atoms with Crippen molar-refractivity contribution < 1.29 is 42.4 Å². The van der Waals surface area contributed by atoms with E-state index in [2.05, 4.69) is 25.4 Å². The number of amides is 1. The number of nitrogens with zero attached hydrogens (tertiary/aromatic N) is 4. The first kappa shape index (κ1) is 40.7. The summed E-state index contributed by atoms with van der Waals surface area (Å²) in [6, 6.07) is 13.5. The van der Waals surface area contributed by atoms with Crippen LogP contribution >= 0.6 is 7.52 Å². The molecule has 4 rings (SSSR count). The summed E-state index contributed by atoms with van der Waals surface area (Å²) in [5.74, 6) is -0.813. The molecule has 17 heteroatoms. The number of carbonyl (C=O) groups excluding carboxylic acids is 3. The van der Waals surface area contributed by atoms with Gasteiger partial charge >= 0.3 is 25.6 Å². The Morgan fingerprint density at radius 2 is 1.62 bits per heavy atom. The zero-order chi connectivity index (χ0) is 38.8. The van der Waals surface area contributed by atoms with Gasteiger partial charge in [0.25, 0.3) is 0 Å². The minimum absolute atomic E-state index is 0.0225. The van der Waals surface area contributed by atoms with Gasteiger partial charge in [-0.1, -0.05) is 42.5 Å². The van der Waals surface area contributed by atoms with E-state index in [0.717, 1.165) is 5.56 Å². The number of hydrogen-bond acceptors (Lipinski definition) is 13. The molecule has 2 aromatic heterocycles. The van der Waals surface area contributed by atoms with Crippen LogP contribution in [0.5, 0.6) is 5.75 Å². The number of nitrogens with two attached hydrogens (primary N) is 1. The summed E-state index contributed by atoms with van der Waals surface area (Å²) < 4.78 is 44.2. The first-order valence-electron chi connectivity index (χ1n) is 17.1. The quantitative estimate of drug-likeness (QED) is 0.0724. The molecule has 53 heavy (non-hydrogen) atoms. The molecule has 0 bridgehead atoms.